The van der Waals surface area contributed by atoms with Crippen LogP contribution < -0.4 is 53.7 Å². The average molecular weight is 1720 g/mol. The van der Waals surface area contributed by atoms with E-state index in [4.69, 9.17) is 84.6 Å². The van der Waals surface area contributed by atoms with Crippen molar-refractivity contribution in [3.63, 3.8) is 0 Å². The molecule has 1 aliphatic rings. The molecule has 11 rings (SSSR count). The number of phenols is 1. The molecule has 0 aliphatic heterocycles. The number of aliphatic hydroxyl groups excluding tert-OH is 1. The topological polar surface area (TPSA) is 295 Å². The van der Waals surface area contributed by atoms with Crippen molar-refractivity contribution in [1.29, 1.82) is 0 Å². The minimum Gasteiger partial charge on any atom is -0.550 e. The van der Waals surface area contributed by atoms with E-state index < -0.39 is 45.4 Å². The summed E-state index contributed by atoms with van der Waals surface area (Å²) < 4.78 is 116. The van der Waals surface area contributed by atoms with Crippen LogP contribution in [-0.4, -0.2) is 75.6 Å². The number of rotatable bonds is 28. The Morgan fingerprint density at radius 2 is 0.858 bits per heavy atom. The molecule has 4 N–H and O–H groups in total. The van der Waals surface area contributed by atoms with Crippen molar-refractivity contribution in [3.05, 3.63) is 330 Å². The maximum Gasteiger partial charge on any atom is 1.00 e. The number of anilines is 3. The number of carbonyl (C=O) groups excluding carboxylic acids is 2. The summed E-state index contributed by atoms with van der Waals surface area (Å²) >= 11 is 24.5. The average Bonchev–Trinajstić information content (AvgIpc) is 0.838. The van der Waals surface area contributed by atoms with Crippen LogP contribution in [-0.2, 0) is 90.0 Å². The predicted molar refractivity (Wildman–Crippen MR) is 440 cm³/mol. The van der Waals surface area contributed by atoms with Crippen molar-refractivity contribution in [2.24, 2.45) is 0 Å². The Morgan fingerprint density at radius 3 is 1.28 bits per heavy atom. The maximum absolute atomic E-state index is 12.5. The van der Waals surface area contributed by atoms with Gasteiger partial charge in [-0.3, -0.25) is 8.98 Å². The summed E-state index contributed by atoms with van der Waals surface area (Å²) in [7, 11) is -10.0. The largest absolute Gasteiger partial charge is 1.00 e. The first kappa shape index (κ1) is 94.9. The smallest absolute Gasteiger partial charge is 0.550 e. The van der Waals surface area contributed by atoms with Crippen molar-refractivity contribution >= 4 is 125 Å². The van der Waals surface area contributed by atoms with Gasteiger partial charge in [0.05, 0.1) is 55.9 Å². The fourth-order valence-electron chi connectivity index (χ4n) is 9.87. The van der Waals surface area contributed by atoms with Crippen LogP contribution in [0.3, 0.4) is 0 Å². The van der Waals surface area contributed by atoms with Crippen LogP contribution in [0.15, 0.2) is 289 Å². The van der Waals surface area contributed by atoms with E-state index in [1.807, 2.05) is 64.1 Å². The number of halogens is 5. The van der Waals surface area contributed by atoms with E-state index in [9.17, 15) is 48.4 Å². The third-order valence-electron chi connectivity index (χ3n) is 15.8. The number of hydrogen-bond donors (Lipinski definition) is 4. The van der Waals surface area contributed by atoms with Crippen LogP contribution in [0.4, 0.5) is 17.1 Å². The Hall–Kier alpha value is -8.65. The summed E-state index contributed by atoms with van der Waals surface area (Å²) in [5.41, 5.74) is 16.1. The molecule has 590 valence electrons. The monoisotopic (exact) mass is 1720 g/mol. The number of aliphatic hydroxyl groups is 1. The first-order valence-corrected chi connectivity index (χ1v) is 42.1. The molecule has 0 radical (unpaired) electrons. The summed E-state index contributed by atoms with van der Waals surface area (Å²) in [4.78, 5) is 23.7. The molecular weight excluding hydrogens is 1640 g/mol. The molecule has 0 unspecified atom stereocenters. The summed E-state index contributed by atoms with van der Waals surface area (Å²) in [5.74, 6) is -0.772. The van der Waals surface area contributed by atoms with Crippen molar-refractivity contribution in [2.45, 2.75) is 106 Å². The number of nitrogens with one attached hydrogen (secondary N) is 2. The molecule has 29 heteroatoms. The van der Waals surface area contributed by atoms with Crippen LogP contribution >= 0.6 is 57.1 Å². The van der Waals surface area contributed by atoms with Gasteiger partial charge in [-0.15, -0.1) is 0 Å². The van der Waals surface area contributed by atoms with Crippen LogP contribution in [0.2, 0.25) is 10.0 Å². The fourth-order valence-corrected chi connectivity index (χ4v) is 14.4. The molecule has 10 aromatic carbocycles. The number of hydrogen-bond acceptors (Lipinski definition) is 19. The third-order valence-corrected chi connectivity index (χ3v) is 22.2. The number of para-hydroxylation sites is 3. The van der Waals surface area contributed by atoms with Gasteiger partial charge < -0.3 is 43.9 Å². The van der Waals surface area contributed by atoms with E-state index in [2.05, 4.69) is 22.1 Å². The molecular formula is C84H82Cl5N2NaO17S4. The summed E-state index contributed by atoms with van der Waals surface area (Å²) in [6.07, 6.45) is 5.43. The van der Waals surface area contributed by atoms with E-state index in [0.29, 0.717) is 74.1 Å². The van der Waals surface area contributed by atoms with E-state index in [0.717, 1.165) is 57.3 Å². The van der Waals surface area contributed by atoms with E-state index >= 15 is 0 Å². The van der Waals surface area contributed by atoms with Gasteiger partial charge in [-0.2, -0.15) is 25.3 Å². The van der Waals surface area contributed by atoms with Gasteiger partial charge in [0.2, 0.25) is 0 Å². The van der Waals surface area contributed by atoms with E-state index in [-0.39, 0.29) is 112 Å². The van der Waals surface area contributed by atoms with Gasteiger partial charge in [0.25, 0.3) is 19.2 Å². The van der Waals surface area contributed by atoms with Gasteiger partial charge in [0.1, 0.15) is 32.1 Å². The molecule has 0 fully saturated rings. The molecule has 0 bridgehead atoms. The molecule has 19 nitrogen and oxygen atoms in total. The van der Waals surface area contributed by atoms with E-state index in [1.165, 1.54) is 48.5 Å². The SMILES string of the molecule is C.Cc1ccc(S(=O)(=O)Cl)cc1.Cc1ccc(S(=O)(=O)OCCCc2ccc(OS(=O)(=O)c3ccc(C)cc3)cc2)cc1.Cc1ccc(S(=O)(=O)Oc2ccc(CCCOC(=O)Cc3ccccc3NC3=C(Cl)C=C=C=C3Cl)cc2)cc1.O=C([O-])Cc1ccccc1Nc1c(Cl)cccc1Cl.OCCCc1ccc(O)cc1.[Na+]. The van der Waals surface area contributed by atoms with Crippen molar-refractivity contribution in [1.82, 2.24) is 0 Å². The number of aromatic hydroxyl groups is 1. The number of phenolic OH excluding ortho intramolecular Hbond substituents is 1. The quantitative estimate of drug-likeness (QED) is 0.00884. The molecule has 0 heterocycles. The second kappa shape index (κ2) is 46.6. The number of ether oxygens (including phenoxy) is 1. The number of allylic oxidation sites excluding steroid dienone is 3. The Balaban J connectivity index is 0.000000273. The minimum absolute atomic E-state index is 0. The van der Waals surface area contributed by atoms with E-state index in [1.54, 1.807) is 158 Å². The molecule has 0 atom stereocenters. The second-order valence-corrected chi connectivity index (χ2v) is 33.5. The standard InChI is InChI=1S/C30H25Cl2NO5S.C23H24O6S2.C14H11Cl2NO2.C9H12O2.C7H7ClO2S.CH4.Na/c1-21-11-17-25(18-12-21)39(35,36)38-24-15-13-22(14-16-24)6-5-19-37-29(34)20-23-7-2-3-10-28(23)33-30-26(31)8-4-9-27(30)32;1-18-5-13-22(14-6-18)30(24,25)28-17-3-4-20-9-11-21(12-10-20)29-31(26,27)23-15-7-19(2)8-16-23;15-10-5-3-6-11(16)14(10)17-12-7-2-1-4-9(12)8-13(18)19;10-7-1-2-8-3-5-9(11)6-4-8;1-6-2-4-7(5-3-6)11(8,9)10;;/h2-3,7-8,10-18,33H,5-6,19-20H2,1H3;5-16H,3-4,17H2,1-2H3;1-7,17H,8H2,(H,18,19);3-6,10-11H,1-2,7H2;2-5H,1H3;1H4;/q;;;;;;+1/p-1. The number of carboxylic acids is 1. The normalized spacial score (nSPS) is 11.5. The third kappa shape index (κ3) is 32.6. The molecule has 0 aromatic heterocycles. The van der Waals surface area contributed by atoms with Gasteiger partial charge >= 0.3 is 55.8 Å². The predicted octanol–water partition coefficient (Wildman–Crippen LogP) is 15.1. The Kier molecular flexibility index (Phi) is 39.2. The summed E-state index contributed by atoms with van der Waals surface area (Å²) in [5, 5.41) is 36.0. The van der Waals surface area contributed by atoms with Gasteiger partial charge in [-0.05, 0) is 209 Å². The molecule has 1 aliphatic carbocycles. The summed E-state index contributed by atoms with van der Waals surface area (Å²) in [6, 6.07) is 65.7. The van der Waals surface area contributed by atoms with Crippen LogP contribution in [0.5, 0.6) is 17.2 Å². The zero-order chi connectivity index (χ0) is 80.7. The van der Waals surface area contributed by atoms with Gasteiger partial charge in [0.15, 0.2) is 0 Å². The van der Waals surface area contributed by atoms with Crippen molar-refractivity contribution in [2.75, 3.05) is 30.5 Å². The molecule has 0 saturated carbocycles. The van der Waals surface area contributed by atoms with Crippen molar-refractivity contribution in [3.8, 4) is 17.2 Å². The number of aliphatic carboxylic acids is 1. The van der Waals surface area contributed by atoms with Gasteiger partial charge in [-0.1, -0.05) is 209 Å². The van der Waals surface area contributed by atoms with Crippen LogP contribution in [0.25, 0.3) is 0 Å². The number of aryl methyl sites for hydroxylation is 7. The Morgan fingerprint density at radius 1 is 0.469 bits per heavy atom. The fraction of sp³-hybridized carbons (Fsp3) is 0.190. The molecule has 113 heavy (non-hydrogen) atoms. The zero-order valence-corrected chi connectivity index (χ0v) is 70.5. The van der Waals surface area contributed by atoms with Gasteiger partial charge in [-0.25, -0.2) is 8.42 Å². The molecule has 0 saturated heterocycles. The molecule has 0 spiro atoms. The first-order valence-electron chi connectivity index (χ1n) is 34.1. The molecule has 10 aromatic rings. The zero-order valence-electron chi connectivity index (χ0n) is 61.4. The molecule has 0 amide bonds. The Labute approximate surface area is 708 Å². The van der Waals surface area contributed by atoms with Crippen molar-refractivity contribution < 1.29 is 105 Å². The number of esters is 1. The Bertz CT molecular complexity index is 5390. The number of benzene rings is 10. The number of carboxylic acid groups (broad SMARTS) is 1. The second-order valence-electron chi connectivity index (χ2n) is 24.6. The first-order chi connectivity index (χ1) is 52.8. The van der Waals surface area contributed by atoms with Crippen LogP contribution in [0, 0.1) is 27.7 Å². The minimum atomic E-state index is -3.90. The van der Waals surface area contributed by atoms with Gasteiger partial charge in [0, 0.05) is 47.1 Å². The number of carbonyl (C=O) groups is 2. The summed E-state index contributed by atoms with van der Waals surface area (Å²) in [6.45, 7) is 8.04. The maximum atomic E-state index is 12.5. The van der Waals surface area contributed by atoms with Crippen LogP contribution in [0.1, 0.15) is 76.8 Å².